The summed E-state index contributed by atoms with van der Waals surface area (Å²) in [6, 6.07) is 8.49. The summed E-state index contributed by atoms with van der Waals surface area (Å²) in [5.74, 6) is -0.907. The van der Waals surface area contributed by atoms with E-state index in [1.54, 1.807) is 13.8 Å². The van der Waals surface area contributed by atoms with E-state index in [0.717, 1.165) is 36.4 Å². The molecule has 0 aliphatic rings. The Hall–Kier alpha value is -7.05. The number of nitro groups is 2. The van der Waals surface area contributed by atoms with Crippen LogP contribution in [0.2, 0.25) is 0 Å². The number of nitrogens with one attached hydrogen (secondary N) is 4. The molecule has 0 aliphatic carbocycles. The van der Waals surface area contributed by atoms with Gasteiger partial charge in [-0.25, -0.2) is 4.85 Å². The molecule has 0 bridgehead atoms. The number of aliphatic hydroxyl groups is 2. The molecule has 8 N–H and O–H groups in total. The molecule has 4 rings (SSSR count). The first kappa shape index (κ1) is 42.1. The number of anilines is 2. The molecule has 2 aromatic heterocycles. The Bertz CT molecular complexity index is 2000. The number of phenols is 2. The average molecular weight is 772 g/mol. The van der Waals surface area contributed by atoms with Gasteiger partial charge in [0, 0.05) is 49.0 Å². The number of rotatable bonds is 12. The van der Waals surface area contributed by atoms with Gasteiger partial charge < -0.3 is 52.5 Å². The zero-order valence-electron chi connectivity index (χ0n) is 27.5. The van der Waals surface area contributed by atoms with Crippen molar-refractivity contribution in [3.63, 3.8) is 0 Å². The summed E-state index contributed by atoms with van der Waals surface area (Å²) in [6.45, 7) is 10.3. The third kappa shape index (κ3) is 10.5. The maximum absolute atomic E-state index is 10.8. The number of aromatic nitrogens is 2. The number of phenolic OH excluding ortho intramolecular Hbond substituents is 2. The molecule has 0 atom stereocenters. The number of non-ortho nitro benzene ring substituents is 2. The Balaban J connectivity index is 0.000000360. The maximum atomic E-state index is 10.8. The molecule has 0 fully saturated rings. The zero-order valence-corrected chi connectivity index (χ0v) is 28.6. The predicted octanol–water partition coefficient (Wildman–Crippen LogP) is 7.43. The van der Waals surface area contributed by atoms with E-state index in [-0.39, 0.29) is 123 Å². The largest absolute Gasteiger partial charge is 2.00 e. The van der Waals surface area contributed by atoms with Crippen LogP contribution in [-0.2, 0) is 16.8 Å². The molecule has 0 spiro atoms. The third-order valence-electron chi connectivity index (χ3n) is 6.68. The van der Waals surface area contributed by atoms with Gasteiger partial charge in [0.15, 0.2) is 0 Å². The minimum atomic E-state index is -0.642. The Morgan fingerprint density at radius 2 is 1.26 bits per heavy atom. The van der Waals surface area contributed by atoms with Gasteiger partial charge in [-0.05, 0) is 48.7 Å². The fraction of sp³-hybridized carbons (Fsp3) is 0.200. The van der Waals surface area contributed by atoms with E-state index in [2.05, 4.69) is 45.9 Å². The van der Waals surface area contributed by atoms with Gasteiger partial charge in [-0.15, -0.1) is 10.2 Å². The van der Waals surface area contributed by atoms with Crippen molar-refractivity contribution in [2.24, 2.45) is 20.5 Å². The molecule has 23 heteroatoms. The Morgan fingerprint density at radius 3 is 1.68 bits per heavy atom. The smallest absolute Gasteiger partial charge is 0.506 e. The summed E-state index contributed by atoms with van der Waals surface area (Å²) in [5, 5.41) is 88.8. The number of hydrogen-bond acceptors (Lipinski definition) is 17. The number of nitro benzene ring substituents is 2. The van der Waals surface area contributed by atoms with Crippen LogP contribution in [0, 0.1) is 52.0 Å². The molecule has 2 aromatic carbocycles. The fourth-order valence-electron chi connectivity index (χ4n) is 4.12. The van der Waals surface area contributed by atoms with Crippen LogP contribution in [0.3, 0.4) is 0 Å². The topological polar surface area (TPSA) is 342 Å². The van der Waals surface area contributed by atoms with E-state index in [4.69, 9.17) is 28.3 Å². The van der Waals surface area contributed by atoms with Crippen LogP contribution >= 0.6 is 0 Å². The van der Waals surface area contributed by atoms with Gasteiger partial charge in [-0.1, -0.05) is 0 Å². The van der Waals surface area contributed by atoms with Crippen molar-refractivity contribution in [3.8, 4) is 17.6 Å². The van der Waals surface area contributed by atoms with Crippen molar-refractivity contribution < 1.29 is 47.1 Å². The van der Waals surface area contributed by atoms with Gasteiger partial charge in [0.2, 0.25) is 5.69 Å². The van der Waals surface area contributed by atoms with Gasteiger partial charge in [0.1, 0.15) is 28.9 Å². The second-order valence-corrected chi connectivity index (χ2v) is 10.1. The number of aliphatic hydroxyl groups excluding tert-OH is 2. The quantitative estimate of drug-likeness (QED) is 0.0353. The number of azo groups is 2. The molecular weight excluding hydrogens is 743 g/mol. The van der Waals surface area contributed by atoms with Crippen LogP contribution in [-0.4, -0.2) is 66.5 Å². The van der Waals surface area contributed by atoms with E-state index in [1.165, 1.54) is 0 Å². The van der Waals surface area contributed by atoms with E-state index in [0.29, 0.717) is 11.1 Å². The molecule has 22 nitrogen and oxygen atoms in total. The molecule has 53 heavy (non-hydrogen) atoms. The molecular formula is C30H28CoN14O8. The summed E-state index contributed by atoms with van der Waals surface area (Å²) in [6.07, 6.45) is 0. The van der Waals surface area contributed by atoms with Crippen molar-refractivity contribution >= 4 is 63.1 Å². The number of nitrogens with zero attached hydrogens (tertiary/aromatic N) is 10. The maximum Gasteiger partial charge on any atom is 2.00 e. The second-order valence-electron chi connectivity index (χ2n) is 10.1. The Morgan fingerprint density at radius 1 is 0.830 bits per heavy atom. The number of pyridine rings is 2. The van der Waals surface area contributed by atoms with Crippen LogP contribution < -0.4 is 10.6 Å². The van der Waals surface area contributed by atoms with Gasteiger partial charge in [0.05, 0.1) is 46.6 Å². The molecule has 4 aromatic rings. The molecule has 2 heterocycles. The van der Waals surface area contributed by atoms with Crippen molar-refractivity contribution in [2.75, 3.05) is 36.9 Å². The van der Waals surface area contributed by atoms with E-state index in [9.17, 15) is 35.7 Å². The van der Waals surface area contributed by atoms with Gasteiger partial charge in [-0.3, -0.25) is 20.2 Å². The standard InChI is InChI=1S/2C15H14N7O4.Co/c1-8-12(14(16)19-15(13(8)17-2)18-5-6-23)21-20-10-7-9(22(25)26)3-4-11(10)24;1-8-10(7-16)15(18-4-5-23)19-14(17)13(8)21-20-11-6-9(22(25)26)2-3-12(11)24;/h3-4,7,23H,5-6H2,1H3,(H3-,16,18,19,20,21,24);2-3,6,23H,4-5H2,1H3,(H3-,17,18,19,20,21,24);/q2*-1;+2. The minimum Gasteiger partial charge on any atom is -0.506 e. The summed E-state index contributed by atoms with van der Waals surface area (Å²) in [7, 11) is 0. The molecule has 0 unspecified atom stereocenters. The monoisotopic (exact) mass is 771 g/mol. The second kappa shape index (κ2) is 19.4. The first-order chi connectivity index (χ1) is 24.8. The summed E-state index contributed by atoms with van der Waals surface area (Å²) in [5.41, 5.74) is 15.9. The SMILES string of the molecule is Cc1c(C#N)c(NCCO)nc([NH-])c1N=Nc1cc([N+](=O)[O-])ccc1O.[C-]#[N+]c1c(NCCO)nc([NH-])c(N=Nc2cc([N+](=O)[O-])ccc2O)c1C.[Co+2]. The summed E-state index contributed by atoms with van der Waals surface area (Å²) < 4.78 is 0. The first-order valence-corrected chi connectivity index (χ1v) is 14.6. The molecule has 0 amide bonds. The Kier molecular flexibility index (Phi) is 15.4. The van der Waals surface area contributed by atoms with Crippen molar-refractivity contribution in [1.82, 2.24) is 9.97 Å². The summed E-state index contributed by atoms with van der Waals surface area (Å²) in [4.78, 5) is 31.5. The van der Waals surface area contributed by atoms with Gasteiger partial charge >= 0.3 is 16.8 Å². The normalized spacial score (nSPS) is 10.5. The van der Waals surface area contributed by atoms with Gasteiger partial charge in [-0.2, -0.15) is 15.5 Å². The van der Waals surface area contributed by atoms with Crippen molar-refractivity contribution in [3.05, 3.63) is 96.2 Å². The van der Waals surface area contributed by atoms with E-state index >= 15 is 0 Å². The van der Waals surface area contributed by atoms with Crippen LogP contribution in [0.25, 0.3) is 16.3 Å². The molecule has 275 valence electrons. The summed E-state index contributed by atoms with van der Waals surface area (Å²) >= 11 is 0. The predicted molar refractivity (Wildman–Crippen MR) is 186 cm³/mol. The number of hydrogen-bond donors (Lipinski definition) is 6. The van der Waals surface area contributed by atoms with Crippen molar-refractivity contribution in [1.29, 1.82) is 5.26 Å². The first-order valence-electron chi connectivity index (χ1n) is 14.6. The minimum absolute atomic E-state index is 0. The average Bonchev–Trinajstić information content (AvgIpc) is 3.10. The Labute approximate surface area is 309 Å². The number of nitriles is 1. The van der Waals surface area contributed by atoms with E-state index < -0.39 is 9.85 Å². The number of benzene rings is 2. The van der Waals surface area contributed by atoms with Crippen LogP contribution in [0.4, 0.5) is 63.1 Å². The van der Waals surface area contributed by atoms with Gasteiger partial charge in [0.25, 0.3) is 11.4 Å². The molecule has 0 aliphatic heterocycles. The van der Waals surface area contributed by atoms with E-state index in [1.807, 2.05) is 6.07 Å². The van der Waals surface area contributed by atoms with Crippen LogP contribution in [0.1, 0.15) is 16.7 Å². The van der Waals surface area contributed by atoms with Crippen LogP contribution in [0.15, 0.2) is 56.9 Å². The number of aromatic hydroxyl groups is 2. The van der Waals surface area contributed by atoms with Crippen molar-refractivity contribution in [2.45, 2.75) is 13.8 Å². The molecule has 0 saturated heterocycles. The van der Waals surface area contributed by atoms with Crippen LogP contribution in [0.5, 0.6) is 11.5 Å². The fourth-order valence-corrected chi connectivity index (χ4v) is 4.12. The third-order valence-corrected chi connectivity index (χ3v) is 6.68. The zero-order chi connectivity index (χ0) is 38.5. The molecule has 1 radical (unpaired) electrons. The molecule has 0 saturated carbocycles.